The molecule has 67 heavy (non-hydrogen) atoms. The van der Waals surface area contributed by atoms with E-state index in [4.69, 9.17) is 14.1 Å². The van der Waals surface area contributed by atoms with Gasteiger partial charge in [0, 0.05) is 68.6 Å². The van der Waals surface area contributed by atoms with Crippen molar-refractivity contribution in [3.63, 3.8) is 0 Å². The maximum absolute atomic E-state index is 14.9. The van der Waals surface area contributed by atoms with Crippen molar-refractivity contribution in [2.75, 3.05) is 40.4 Å². The van der Waals surface area contributed by atoms with Crippen molar-refractivity contribution in [3.05, 3.63) is 108 Å². The van der Waals surface area contributed by atoms with Crippen LogP contribution in [0.4, 0.5) is 0 Å². The van der Waals surface area contributed by atoms with Gasteiger partial charge in [0.2, 0.25) is 23.6 Å². The van der Waals surface area contributed by atoms with Gasteiger partial charge in [0.15, 0.2) is 0 Å². The second kappa shape index (κ2) is 19.5. The Labute approximate surface area is 393 Å². The standard InChI is InChI=1S/C53H65N7O7/c1-9-46(62)58-22-19-36(30-58)51(64)57(7)47(32(3)4)49(63)54-43-26-33-24-37(27-38(61)25-33)35-17-18-44-40(28-35)41(48(59(44)10-2)39-15-12-11-14-34(39)20-23-66-8)29-53(5,6)45-31-67-50(55-45)42-16-13-21-60(56-42)52(43)65/h9,11-12,14-15,17-18,24-25,27-28,31-32,36,42-43,47,56,61H,1,10,13,16,19-23,26,29-30H2,2-8H3,(H,54,63)/t36?,42-,43-,47?/m0/s1. The summed E-state index contributed by atoms with van der Waals surface area (Å²) in [6.07, 6.45) is 6.24. The molecule has 3 N–H and O–H groups in total. The van der Waals surface area contributed by atoms with E-state index in [9.17, 15) is 24.3 Å². The highest BCUT2D eigenvalue weighted by molar-refractivity contribution is 5.96. The summed E-state index contributed by atoms with van der Waals surface area (Å²) in [6, 6.07) is 17.9. The van der Waals surface area contributed by atoms with Crippen molar-refractivity contribution in [2.24, 2.45) is 11.8 Å². The second-order valence-electron chi connectivity index (χ2n) is 19.4. The number of aromatic hydroxyl groups is 1. The first kappa shape index (κ1) is 47.3. The number of hydrogen-bond donors (Lipinski definition) is 3. The minimum Gasteiger partial charge on any atom is -0.508 e. The Bertz CT molecular complexity index is 2680. The van der Waals surface area contributed by atoms with Crippen LogP contribution in [0.5, 0.6) is 5.75 Å². The molecule has 4 amide bonds. The number of likely N-dealkylation sites (N-methyl/N-ethyl adjacent to an activating group) is 1. The highest BCUT2D eigenvalue weighted by Crippen LogP contribution is 2.42. The number of nitrogens with one attached hydrogen (secondary N) is 2. The van der Waals surface area contributed by atoms with Gasteiger partial charge in [-0.1, -0.05) is 70.7 Å². The van der Waals surface area contributed by atoms with E-state index in [0.717, 1.165) is 51.9 Å². The number of hydrogen-bond acceptors (Lipinski definition) is 9. The first-order valence-electron chi connectivity index (χ1n) is 23.7. The number of phenols is 1. The molecular formula is C53H65N7O7. The number of ether oxygens (including phenoxy) is 1. The number of amides is 4. The predicted octanol–water partition coefficient (Wildman–Crippen LogP) is 7.12. The van der Waals surface area contributed by atoms with Gasteiger partial charge in [-0.15, -0.1) is 0 Å². The molecule has 2 aromatic heterocycles. The van der Waals surface area contributed by atoms with E-state index in [1.54, 1.807) is 42.5 Å². The lowest BCUT2D eigenvalue weighted by atomic mass is 9.81. The molecule has 3 aromatic carbocycles. The van der Waals surface area contributed by atoms with Crippen molar-refractivity contribution >= 4 is 34.5 Å². The number of aryl methyl sites for hydroxylation is 1. The lowest BCUT2D eigenvalue weighted by molar-refractivity contribution is -0.146. The van der Waals surface area contributed by atoms with E-state index >= 15 is 0 Å². The van der Waals surface area contributed by atoms with Crippen LogP contribution in [0.1, 0.15) is 88.2 Å². The number of oxazole rings is 1. The molecule has 5 aromatic rings. The quantitative estimate of drug-likeness (QED) is 0.117. The average Bonchev–Trinajstić information content (AvgIpc) is 4.09. The zero-order valence-corrected chi connectivity index (χ0v) is 39.9. The number of benzene rings is 3. The topological polar surface area (TPSA) is 162 Å². The number of fused-ring (bicyclic) bond motifs is 9. The maximum Gasteiger partial charge on any atom is 0.259 e. The van der Waals surface area contributed by atoms with Gasteiger partial charge in [-0.3, -0.25) is 24.2 Å². The molecule has 5 heterocycles. The molecule has 14 heteroatoms. The van der Waals surface area contributed by atoms with Gasteiger partial charge in [0.1, 0.15) is 30.1 Å². The van der Waals surface area contributed by atoms with Gasteiger partial charge in [-0.25, -0.2) is 10.4 Å². The third kappa shape index (κ3) is 9.51. The molecule has 0 spiro atoms. The van der Waals surface area contributed by atoms with Gasteiger partial charge in [0.05, 0.1) is 23.9 Å². The van der Waals surface area contributed by atoms with Gasteiger partial charge in [-0.05, 0) is 103 Å². The first-order chi connectivity index (χ1) is 32.1. The van der Waals surface area contributed by atoms with Crippen LogP contribution in [0.3, 0.4) is 0 Å². The molecule has 8 rings (SSSR count). The van der Waals surface area contributed by atoms with Crippen LogP contribution < -0.4 is 10.7 Å². The van der Waals surface area contributed by atoms with Crippen LogP contribution in [-0.2, 0) is 55.1 Å². The van der Waals surface area contributed by atoms with Crippen molar-refractivity contribution < 1.29 is 33.4 Å². The van der Waals surface area contributed by atoms with Gasteiger partial charge >= 0.3 is 0 Å². The lowest BCUT2D eigenvalue weighted by Crippen LogP contribution is -2.60. The zero-order valence-electron chi connectivity index (χ0n) is 39.9. The Morgan fingerprint density at radius 3 is 2.63 bits per heavy atom. The summed E-state index contributed by atoms with van der Waals surface area (Å²) >= 11 is 0. The van der Waals surface area contributed by atoms with Gasteiger partial charge in [0.25, 0.3) is 5.91 Å². The summed E-state index contributed by atoms with van der Waals surface area (Å²) in [5.41, 5.74) is 11.7. The molecule has 2 unspecified atom stereocenters. The van der Waals surface area contributed by atoms with Crippen molar-refractivity contribution in [1.82, 2.24) is 35.1 Å². The fourth-order valence-electron chi connectivity index (χ4n) is 10.5. The van der Waals surface area contributed by atoms with Gasteiger partial charge < -0.3 is 33.9 Å². The summed E-state index contributed by atoms with van der Waals surface area (Å²) < 4.78 is 14.2. The third-order valence-corrected chi connectivity index (χ3v) is 14.0. The highest BCUT2D eigenvalue weighted by Gasteiger charge is 2.40. The number of rotatable bonds is 11. The normalized spacial score (nSPS) is 19.9. The molecule has 4 atom stereocenters. The number of hydrazine groups is 1. The number of carbonyl (C=O) groups is 4. The zero-order chi connectivity index (χ0) is 47.7. The van der Waals surface area contributed by atoms with E-state index in [0.29, 0.717) is 56.8 Å². The molecule has 8 bridgehead atoms. The molecule has 3 aliphatic heterocycles. The Morgan fingerprint density at radius 1 is 1.09 bits per heavy atom. The van der Waals surface area contributed by atoms with E-state index in [1.807, 2.05) is 19.9 Å². The summed E-state index contributed by atoms with van der Waals surface area (Å²) in [5.74, 6) is -1.60. The van der Waals surface area contributed by atoms with E-state index in [2.05, 4.69) is 85.1 Å². The third-order valence-electron chi connectivity index (χ3n) is 14.0. The molecule has 0 saturated carbocycles. The number of nitrogens with zero attached hydrogens (tertiary/aromatic N) is 5. The Kier molecular flexibility index (Phi) is 13.8. The summed E-state index contributed by atoms with van der Waals surface area (Å²) in [4.78, 5) is 63.9. The van der Waals surface area contributed by atoms with Gasteiger partial charge in [-0.2, -0.15) is 0 Å². The SMILES string of the molecule is C=CC(=O)N1CCC(C(=O)N(C)C(C(=O)N[C@H]2Cc3cc(O)cc(c3)-c3ccc4c(c3)c(c(-c3ccccc3CCOC)n4CC)CC(C)(C)c3coc(n3)[C@@H]3CCCN(N3)C2=O)C(C)C)C1. The molecule has 354 valence electrons. The highest BCUT2D eigenvalue weighted by atomic mass is 16.5. The first-order valence-corrected chi connectivity index (χ1v) is 23.7. The minimum atomic E-state index is -1.09. The lowest BCUT2D eigenvalue weighted by Gasteiger charge is -2.36. The number of likely N-dealkylation sites (tertiary alicyclic amines) is 1. The molecule has 2 saturated heterocycles. The fraction of sp³-hybridized carbons (Fsp3) is 0.453. The average molecular weight is 912 g/mol. The molecule has 0 aliphatic carbocycles. The Morgan fingerprint density at radius 2 is 1.88 bits per heavy atom. The van der Waals surface area contributed by atoms with Crippen LogP contribution in [-0.4, -0.2) is 106 Å². The fourth-order valence-corrected chi connectivity index (χ4v) is 10.5. The summed E-state index contributed by atoms with van der Waals surface area (Å²) in [7, 11) is 3.34. The Hall–Kier alpha value is -6.25. The predicted molar refractivity (Wildman–Crippen MR) is 258 cm³/mol. The molecule has 2 fully saturated rings. The number of carbonyl (C=O) groups excluding carboxylic acids is 4. The number of methoxy groups -OCH3 is 1. The minimum absolute atomic E-state index is 0.0283. The number of aromatic nitrogens is 2. The van der Waals surface area contributed by atoms with Crippen LogP contribution in [0, 0.1) is 11.8 Å². The summed E-state index contributed by atoms with van der Waals surface area (Å²) in [5, 5.41) is 17.1. The van der Waals surface area contributed by atoms with Crippen molar-refractivity contribution in [1.29, 1.82) is 0 Å². The molecule has 3 aliphatic rings. The van der Waals surface area contributed by atoms with E-state index in [1.165, 1.54) is 22.1 Å². The van der Waals surface area contributed by atoms with Crippen LogP contribution in [0.2, 0.25) is 0 Å². The van der Waals surface area contributed by atoms with E-state index in [-0.39, 0.29) is 42.4 Å². The molecular weight excluding hydrogens is 847 g/mol. The smallest absolute Gasteiger partial charge is 0.259 e. The van der Waals surface area contributed by atoms with E-state index < -0.39 is 35.4 Å². The number of phenolic OH excluding ortho intramolecular Hbond substituents is 1. The van der Waals surface area contributed by atoms with Crippen LogP contribution in [0.15, 0.2) is 84.0 Å². The summed E-state index contributed by atoms with van der Waals surface area (Å²) in [6.45, 7) is 16.2. The van der Waals surface area contributed by atoms with Crippen molar-refractivity contribution in [3.8, 4) is 28.1 Å². The van der Waals surface area contributed by atoms with Crippen LogP contribution in [0.25, 0.3) is 33.3 Å². The largest absolute Gasteiger partial charge is 0.508 e. The second-order valence-corrected chi connectivity index (χ2v) is 19.4. The van der Waals surface area contributed by atoms with Crippen LogP contribution >= 0.6 is 0 Å². The Balaban J connectivity index is 1.22. The van der Waals surface area contributed by atoms with Crippen molar-refractivity contribution in [2.45, 2.75) is 103 Å². The molecule has 0 radical (unpaired) electrons. The maximum atomic E-state index is 14.9. The monoisotopic (exact) mass is 911 g/mol. The molecule has 14 nitrogen and oxygen atoms in total.